The van der Waals surface area contributed by atoms with E-state index >= 15 is 0 Å². The molecular weight excluding hydrogens is 202 g/mol. The summed E-state index contributed by atoms with van der Waals surface area (Å²) in [6.07, 6.45) is 5.52. The third-order valence-electron chi connectivity index (χ3n) is 2.25. The molecule has 0 saturated carbocycles. The third kappa shape index (κ3) is 2.29. The summed E-state index contributed by atoms with van der Waals surface area (Å²) >= 11 is 0. The monoisotopic (exact) mass is 219 g/mol. The molecule has 0 atom stereocenters. The number of rotatable bonds is 2. The lowest BCUT2D eigenvalue weighted by molar-refractivity contribution is 0.321. The second kappa shape index (κ2) is 3.73. The summed E-state index contributed by atoms with van der Waals surface area (Å²) in [4.78, 5) is 4.07. The van der Waals surface area contributed by atoms with Crippen LogP contribution in [0.1, 0.15) is 20.8 Å². The number of nitrogens with zero attached hydrogens (tertiary/aromatic N) is 5. The van der Waals surface area contributed by atoms with E-state index in [0.29, 0.717) is 0 Å². The van der Waals surface area contributed by atoms with Gasteiger partial charge in [-0.05, 0) is 5.41 Å². The van der Waals surface area contributed by atoms with Gasteiger partial charge in [-0.15, -0.1) is 5.10 Å². The molecule has 5 nitrogen and oxygen atoms in total. The lowest BCUT2D eigenvalue weighted by atomic mass is 9.97. The number of aryl methyl sites for hydroxylation is 1. The van der Waals surface area contributed by atoms with Gasteiger partial charge in [0.25, 0.3) is 0 Å². The highest BCUT2D eigenvalue weighted by atomic mass is 15.4. The van der Waals surface area contributed by atoms with Gasteiger partial charge in [0.15, 0.2) is 0 Å². The Morgan fingerprint density at radius 1 is 1.31 bits per heavy atom. The average Bonchev–Trinajstić information content (AvgIpc) is 2.71. The maximum absolute atomic E-state index is 4.16. The van der Waals surface area contributed by atoms with Crippen molar-refractivity contribution in [3.63, 3.8) is 0 Å². The van der Waals surface area contributed by atoms with Gasteiger partial charge in [0, 0.05) is 13.6 Å². The molecule has 0 aromatic carbocycles. The number of hydrogen-bond donors (Lipinski definition) is 0. The normalized spacial score (nSPS) is 12.0. The number of imidazole rings is 1. The Morgan fingerprint density at radius 2 is 2.06 bits per heavy atom. The van der Waals surface area contributed by atoms with Gasteiger partial charge >= 0.3 is 0 Å². The second-order valence-electron chi connectivity index (χ2n) is 5.25. The molecule has 0 unspecified atom stereocenters. The molecule has 0 amide bonds. The van der Waals surface area contributed by atoms with Crippen LogP contribution in [0.3, 0.4) is 0 Å². The molecule has 0 aliphatic rings. The molecule has 0 aliphatic heterocycles. The maximum atomic E-state index is 4.16. The highest BCUT2D eigenvalue weighted by Gasteiger charge is 2.14. The molecular formula is C11H17N5. The molecule has 5 heteroatoms. The zero-order valence-electron chi connectivity index (χ0n) is 10.2. The summed E-state index contributed by atoms with van der Waals surface area (Å²) < 4.78 is 3.81. The lowest BCUT2D eigenvalue weighted by Crippen LogP contribution is -2.15. The molecule has 0 spiro atoms. The predicted molar refractivity (Wildman–Crippen MR) is 61.7 cm³/mol. The van der Waals surface area contributed by atoms with Crippen LogP contribution < -0.4 is 0 Å². The van der Waals surface area contributed by atoms with Crippen molar-refractivity contribution in [1.29, 1.82) is 0 Å². The molecule has 16 heavy (non-hydrogen) atoms. The van der Waals surface area contributed by atoms with E-state index in [9.17, 15) is 0 Å². The van der Waals surface area contributed by atoms with E-state index in [-0.39, 0.29) is 5.41 Å². The van der Waals surface area contributed by atoms with E-state index < -0.39 is 0 Å². The van der Waals surface area contributed by atoms with Crippen LogP contribution >= 0.6 is 0 Å². The zero-order valence-corrected chi connectivity index (χ0v) is 10.2. The molecule has 86 valence electrons. The Hall–Kier alpha value is -1.65. The summed E-state index contributed by atoms with van der Waals surface area (Å²) in [5, 5.41) is 8.28. The van der Waals surface area contributed by atoms with Crippen LogP contribution in [0.15, 0.2) is 18.7 Å². The fraction of sp³-hybridized carbons (Fsp3) is 0.545. The minimum atomic E-state index is 0.206. The summed E-state index contributed by atoms with van der Waals surface area (Å²) in [5.74, 6) is 0. The van der Waals surface area contributed by atoms with Crippen LogP contribution in [-0.4, -0.2) is 24.5 Å². The summed E-state index contributed by atoms with van der Waals surface area (Å²) in [7, 11) is 1.95. The lowest BCUT2D eigenvalue weighted by Gasteiger charge is -2.16. The highest BCUT2D eigenvalue weighted by Crippen LogP contribution is 2.18. The van der Waals surface area contributed by atoms with Gasteiger partial charge in [0.05, 0.1) is 24.4 Å². The minimum Gasteiger partial charge on any atom is -0.332 e. The molecule has 0 radical (unpaired) electrons. The molecule has 2 aromatic heterocycles. The van der Waals surface area contributed by atoms with Crippen molar-refractivity contribution in [3.8, 4) is 11.4 Å². The predicted octanol–water partition coefficient (Wildman–Crippen LogP) is 1.72. The van der Waals surface area contributed by atoms with E-state index in [1.165, 1.54) is 0 Å². The molecule has 0 saturated heterocycles. The van der Waals surface area contributed by atoms with Crippen LogP contribution in [0.2, 0.25) is 0 Å². The fourth-order valence-corrected chi connectivity index (χ4v) is 1.58. The van der Waals surface area contributed by atoms with Crippen LogP contribution in [-0.2, 0) is 13.6 Å². The van der Waals surface area contributed by atoms with E-state index in [1.54, 1.807) is 12.5 Å². The first kappa shape index (κ1) is 10.9. The third-order valence-corrected chi connectivity index (χ3v) is 2.25. The first-order valence-electron chi connectivity index (χ1n) is 5.32. The van der Waals surface area contributed by atoms with Gasteiger partial charge in [-0.25, -0.2) is 4.98 Å². The highest BCUT2D eigenvalue weighted by molar-refractivity contribution is 5.51. The minimum absolute atomic E-state index is 0.206. The largest absolute Gasteiger partial charge is 0.332 e. The molecule has 0 bridgehead atoms. The van der Waals surface area contributed by atoms with Crippen molar-refractivity contribution in [2.75, 3.05) is 0 Å². The zero-order chi connectivity index (χ0) is 11.8. The Morgan fingerprint density at radius 3 is 2.62 bits per heavy atom. The standard InChI is InChI=1S/C11H17N5/c1-11(2,3)7-16-6-9(13-14-16)10-5-12-8-15(10)4/h5-6,8H,7H2,1-4H3. The quantitative estimate of drug-likeness (QED) is 0.772. The van der Waals surface area contributed by atoms with Crippen molar-refractivity contribution in [3.05, 3.63) is 18.7 Å². The van der Waals surface area contributed by atoms with Crippen molar-refractivity contribution >= 4 is 0 Å². The second-order valence-corrected chi connectivity index (χ2v) is 5.25. The smallest absolute Gasteiger partial charge is 0.131 e. The van der Waals surface area contributed by atoms with Crippen molar-refractivity contribution in [2.45, 2.75) is 27.3 Å². The average molecular weight is 219 g/mol. The van der Waals surface area contributed by atoms with Crippen molar-refractivity contribution in [1.82, 2.24) is 24.5 Å². The summed E-state index contributed by atoms with van der Waals surface area (Å²) in [6.45, 7) is 7.40. The molecule has 2 aromatic rings. The first-order valence-corrected chi connectivity index (χ1v) is 5.32. The summed E-state index contributed by atoms with van der Waals surface area (Å²) in [6, 6.07) is 0. The molecule has 2 heterocycles. The Labute approximate surface area is 95.1 Å². The van der Waals surface area contributed by atoms with Gasteiger partial charge < -0.3 is 4.57 Å². The first-order chi connectivity index (χ1) is 7.46. The van der Waals surface area contributed by atoms with Gasteiger partial charge in [0.2, 0.25) is 0 Å². The van der Waals surface area contributed by atoms with Crippen LogP contribution in [0.25, 0.3) is 11.4 Å². The maximum Gasteiger partial charge on any atom is 0.131 e. The molecule has 0 aliphatic carbocycles. The Bertz CT molecular complexity index is 475. The molecule has 0 fully saturated rings. The Kier molecular flexibility index (Phi) is 2.53. The van der Waals surface area contributed by atoms with Crippen LogP contribution in [0, 0.1) is 5.41 Å². The van der Waals surface area contributed by atoms with Crippen molar-refractivity contribution < 1.29 is 0 Å². The molecule has 2 rings (SSSR count). The van der Waals surface area contributed by atoms with Crippen LogP contribution in [0.5, 0.6) is 0 Å². The van der Waals surface area contributed by atoms with Gasteiger partial charge in [0.1, 0.15) is 5.69 Å². The topological polar surface area (TPSA) is 48.5 Å². The molecule has 0 N–H and O–H groups in total. The van der Waals surface area contributed by atoms with Crippen LogP contribution in [0.4, 0.5) is 0 Å². The number of hydrogen-bond acceptors (Lipinski definition) is 3. The SMILES string of the molecule is Cn1cncc1-c1cn(CC(C)(C)C)nn1. The van der Waals surface area contributed by atoms with E-state index in [1.807, 2.05) is 22.5 Å². The summed E-state index contributed by atoms with van der Waals surface area (Å²) in [5.41, 5.74) is 2.06. The van der Waals surface area contributed by atoms with Gasteiger partial charge in [-0.3, -0.25) is 4.68 Å². The number of aromatic nitrogens is 5. The van der Waals surface area contributed by atoms with Gasteiger partial charge in [-0.1, -0.05) is 26.0 Å². The Balaban J connectivity index is 2.24. The van der Waals surface area contributed by atoms with Gasteiger partial charge in [-0.2, -0.15) is 0 Å². The van der Waals surface area contributed by atoms with E-state index in [0.717, 1.165) is 17.9 Å². The van der Waals surface area contributed by atoms with E-state index in [4.69, 9.17) is 0 Å². The van der Waals surface area contributed by atoms with E-state index in [2.05, 4.69) is 36.1 Å². The fourth-order valence-electron chi connectivity index (χ4n) is 1.58. The van der Waals surface area contributed by atoms with Crippen molar-refractivity contribution in [2.24, 2.45) is 12.5 Å².